The van der Waals surface area contributed by atoms with Gasteiger partial charge in [-0.15, -0.1) is 0 Å². The van der Waals surface area contributed by atoms with E-state index >= 15 is 0 Å². The van der Waals surface area contributed by atoms with Crippen LogP contribution in [0, 0.1) is 6.92 Å². The predicted octanol–water partition coefficient (Wildman–Crippen LogP) is 2.97. The highest BCUT2D eigenvalue weighted by Gasteiger charge is 2.37. The van der Waals surface area contributed by atoms with E-state index in [2.05, 4.69) is 0 Å². The number of hydrogen-bond acceptors (Lipinski definition) is 8. The number of Topliss-reactive ketones (excluding diaryl/α,β-unsaturated/α-hetero) is 1. The Morgan fingerprint density at radius 3 is 2.70 bits per heavy atom. The summed E-state index contributed by atoms with van der Waals surface area (Å²) in [5.74, 6) is 2.58. The van der Waals surface area contributed by atoms with Crippen LogP contribution in [0.4, 0.5) is 0 Å². The Kier molecular flexibility index (Phi) is 5.33. The molecule has 0 saturated carbocycles. The van der Waals surface area contributed by atoms with E-state index in [1.54, 1.807) is 32.4 Å². The van der Waals surface area contributed by atoms with E-state index in [9.17, 15) is 13.2 Å². The largest absolute Gasteiger partial charge is 0.493 e. The van der Waals surface area contributed by atoms with Crippen molar-refractivity contribution in [2.24, 2.45) is 0 Å². The zero-order valence-corrected chi connectivity index (χ0v) is 19.5. The number of hydrogen-bond donors (Lipinski definition) is 0. The summed E-state index contributed by atoms with van der Waals surface area (Å²) in [6.07, 6.45) is 2.25. The highest BCUT2D eigenvalue weighted by atomic mass is 32.2. The van der Waals surface area contributed by atoms with Crippen molar-refractivity contribution in [3.05, 3.63) is 52.3 Å². The average Bonchev–Trinajstić information content (AvgIpc) is 3.33. The third kappa shape index (κ3) is 3.75. The van der Waals surface area contributed by atoms with Gasteiger partial charge in [0.1, 0.15) is 18.2 Å². The summed E-state index contributed by atoms with van der Waals surface area (Å²) in [5, 5.41) is 0. The number of fused-ring (bicyclic) bond motifs is 2. The summed E-state index contributed by atoms with van der Waals surface area (Å²) >= 11 is 0. The molecule has 0 radical (unpaired) electrons. The van der Waals surface area contributed by atoms with Crippen LogP contribution in [0.2, 0.25) is 0 Å². The standard InChI is InChI=1S/C24H25NO7S/c1-14-22-16(11-25(13-31-22)17-7-8-33(27,28)12-17)9-18-21(26)20(32-23(14)18)10-15-5-4-6-19(29-2)24(15)30-3/h4-6,9-10,17H,7-8,11-13H2,1-3H3/b20-10+. The first-order valence-electron chi connectivity index (χ1n) is 10.7. The lowest BCUT2D eigenvalue weighted by molar-refractivity contribution is 0.0637. The lowest BCUT2D eigenvalue weighted by Gasteiger charge is -2.33. The van der Waals surface area contributed by atoms with Crippen molar-refractivity contribution in [2.45, 2.75) is 25.9 Å². The van der Waals surface area contributed by atoms with E-state index in [0.29, 0.717) is 53.8 Å². The normalized spacial score (nSPS) is 22.5. The van der Waals surface area contributed by atoms with Crippen molar-refractivity contribution >= 4 is 21.7 Å². The maximum absolute atomic E-state index is 13.2. The number of methoxy groups -OCH3 is 2. The van der Waals surface area contributed by atoms with Crippen LogP contribution in [0.1, 0.15) is 33.5 Å². The van der Waals surface area contributed by atoms with Crippen molar-refractivity contribution in [1.29, 1.82) is 0 Å². The van der Waals surface area contributed by atoms with Gasteiger partial charge in [-0.3, -0.25) is 9.69 Å². The van der Waals surface area contributed by atoms with Gasteiger partial charge in [-0.05, 0) is 31.6 Å². The quantitative estimate of drug-likeness (QED) is 0.629. The fourth-order valence-corrected chi connectivity index (χ4v) is 6.49. The van der Waals surface area contributed by atoms with Gasteiger partial charge in [-0.25, -0.2) is 8.42 Å². The molecule has 3 heterocycles. The van der Waals surface area contributed by atoms with Crippen LogP contribution in [-0.2, 0) is 16.4 Å². The molecule has 1 unspecified atom stereocenters. The Bertz CT molecular complexity index is 1280. The second-order valence-corrected chi connectivity index (χ2v) is 10.7. The third-order valence-corrected chi connectivity index (χ3v) is 8.16. The molecule has 5 rings (SSSR count). The van der Waals surface area contributed by atoms with Crippen LogP contribution in [-0.4, -0.2) is 57.6 Å². The number of sulfone groups is 1. The monoisotopic (exact) mass is 471 g/mol. The summed E-state index contributed by atoms with van der Waals surface area (Å²) in [7, 11) is 0.105. The Morgan fingerprint density at radius 1 is 1.18 bits per heavy atom. The van der Waals surface area contributed by atoms with Crippen molar-refractivity contribution in [1.82, 2.24) is 4.90 Å². The van der Waals surface area contributed by atoms with Gasteiger partial charge in [0.05, 0.1) is 31.3 Å². The molecule has 0 spiro atoms. The lowest BCUT2D eigenvalue weighted by atomic mass is 9.99. The maximum Gasteiger partial charge on any atom is 0.231 e. The van der Waals surface area contributed by atoms with E-state index < -0.39 is 9.84 Å². The molecule has 2 aromatic rings. The van der Waals surface area contributed by atoms with Crippen LogP contribution < -0.4 is 18.9 Å². The molecule has 0 aliphatic carbocycles. The molecule has 33 heavy (non-hydrogen) atoms. The van der Waals surface area contributed by atoms with Crippen molar-refractivity contribution in [3.63, 3.8) is 0 Å². The van der Waals surface area contributed by atoms with Crippen LogP contribution in [0.3, 0.4) is 0 Å². The Labute approximate surface area is 192 Å². The zero-order chi connectivity index (χ0) is 23.3. The first kappa shape index (κ1) is 21.8. The van der Waals surface area contributed by atoms with Gasteiger partial charge < -0.3 is 18.9 Å². The van der Waals surface area contributed by atoms with Crippen molar-refractivity contribution < 1.29 is 32.2 Å². The first-order chi connectivity index (χ1) is 15.8. The van der Waals surface area contributed by atoms with E-state index in [4.69, 9.17) is 18.9 Å². The van der Waals surface area contributed by atoms with Crippen LogP contribution in [0.5, 0.6) is 23.0 Å². The lowest BCUT2D eigenvalue weighted by Crippen LogP contribution is -2.41. The summed E-state index contributed by atoms with van der Waals surface area (Å²) in [6, 6.07) is 7.15. The predicted molar refractivity (Wildman–Crippen MR) is 122 cm³/mol. The molecule has 8 nitrogen and oxygen atoms in total. The average molecular weight is 472 g/mol. The van der Waals surface area contributed by atoms with Gasteiger partial charge in [-0.2, -0.15) is 0 Å². The molecule has 1 atom stereocenters. The molecule has 0 aromatic heterocycles. The molecule has 9 heteroatoms. The number of nitrogens with zero attached hydrogens (tertiary/aromatic N) is 1. The number of rotatable bonds is 4. The highest BCUT2D eigenvalue weighted by molar-refractivity contribution is 7.91. The third-order valence-electron chi connectivity index (χ3n) is 6.41. The van der Waals surface area contributed by atoms with E-state index in [-0.39, 0.29) is 29.1 Å². The second-order valence-electron chi connectivity index (χ2n) is 8.47. The molecular weight excluding hydrogens is 446 g/mol. The Balaban J connectivity index is 1.46. The highest BCUT2D eigenvalue weighted by Crippen LogP contribution is 2.44. The van der Waals surface area contributed by atoms with Gasteiger partial charge in [-0.1, -0.05) is 12.1 Å². The topological polar surface area (TPSA) is 91.4 Å². The van der Waals surface area contributed by atoms with Crippen LogP contribution in [0.15, 0.2) is 30.0 Å². The molecule has 0 N–H and O–H groups in total. The number of allylic oxidation sites excluding steroid dienone is 1. The van der Waals surface area contributed by atoms with E-state index in [1.807, 2.05) is 24.0 Å². The minimum atomic E-state index is -2.99. The number of ketones is 1. The van der Waals surface area contributed by atoms with Gasteiger partial charge in [0.25, 0.3) is 0 Å². The summed E-state index contributed by atoms with van der Waals surface area (Å²) < 4.78 is 46.6. The molecule has 3 aliphatic rings. The molecule has 1 saturated heterocycles. The Hall–Kier alpha value is -3.04. The minimum Gasteiger partial charge on any atom is -0.493 e. The zero-order valence-electron chi connectivity index (χ0n) is 18.7. The summed E-state index contributed by atoms with van der Waals surface area (Å²) in [4.78, 5) is 15.2. The first-order valence-corrected chi connectivity index (χ1v) is 12.5. The van der Waals surface area contributed by atoms with Crippen LogP contribution in [0.25, 0.3) is 6.08 Å². The van der Waals surface area contributed by atoms with Gasteiger partial charge in [0.15, 0.2) is 27.1 Å². The number of carbonyl (C=O) groups is 1. The minimum absolute atomic E-state index is 0.0698. The molecule has 0 bridgehead atoms. The number of para-hydroxylation sites is 1. The molecule has 174 valence electrons. The van der Waals surface area contributed by atoms with Crippen LogP contribution >= 0.6 is 0 Å². The van der Waals surface area contributed by atoms with E-state index in [1.165, 1.54) is 0 Å². The maximum atomic E-state index is 13.2. The van der Waals surface area contributed by atoms with Crippen molar-refractivity contribution in [3.8, 4) is 23.0 Å². The van der Waals surface area contributed by atoms with Crippen molar-refractivity contribution in [2.75, 3.05) is 32.5 Å². The molecule has 3 aliphatic heterocycles. The summed E-state index contributed by atoms with van der Waals surface area (Å²) in [6.45, 7) is 2.71. The molecule has 0 amide bonds. The number of ether oxygens (including phenoxy) is 4. The van der Waals surface area contributed by atoms with E-state index in [0.717, 1.165) is 11.1 Å². The van der Waals surface area contributed by atoms with Gasteiger partial charge in [0.2, 0.25) is 5.78 Å². The Morgan fingerprint density at radius 2 is 2.00 bits per heavy atom. The molecular formula is C24H25NO7S. The number of carbonyl (C=O) groups excluding carboxylic acids is 1. The van der Waals surface area contributed by atoms with Gasteiger partial charge in [0, 0.05) is 29.3 Å². The summed E-state index contributed by atoms with van der Waals surface area (Å²) in [5.41, 5.74) is 2.76. The molecule has 2 aromatic carbocycles. The van der Waals surface area contributed by atoms with Gasteiger partial charge >= 0.3 is 0 Å². The fourth-order valence-electron chi connectivity index (χ4n) is 4.73. The fraction of sp³-hybridized carbons (Fsp3) is 0.375. The smallest absolute Gasteiger partial charge is 0.231 e. The SMILES string of the molecule is COc1cccc(/C=C2/Oc3c(cc4c(c3C)OCN(C3CCS(=O)(=O)C3)C4)C2=O)c1OC. The number of benzene rings is 2. The second kappa shape index (κ2) is 8.07. The molecule has 1 fully saturated rings.